The number of sulfone groups is 1. The van der Waals surface area contributed by atoms with E-state index in [4.69, 9.17) is 5.73 Å². The van der Waals surface area contributed by atoms with Gasteiger partial charge in [0.1, 0.15) is 0 Å². The van der Waals surface area contributed by atoms with Crippen molar-refractivity contribution in [1.82, 2.24) is 4.72 Å². The lowest BCUT2D eigenvalue weighted by atomic mass is 10.0. The molecule has 1 atom stereocenters. The molecule has 0 bridgehead atoms. The van der Waals surface area contributed by atoms with E-state index in [1.54, 1.807) is 12.3 Å². The average Bonchev–Trinajstić information content (AvgIpc) is 2.82. The Labute approximate surface area is 117 Å². The van der Waals surface area contributed by atoms with Crippen LogP contribution >= 0.6 is 11.3 Å². The highest BCUT2D eigenvalue weighted by molar-refractivity contribution is 7.92. The van der Waals surface area contributed by atoms with Crippen molar-refractivity contribution in [3.05, 3.63) is 16.3 Å². The van der Waals surface area contributed by atoms with Gasteiger partial charge in [-0.05, 0) is 24.8 Å². The minimum atomic E-state index is -3.74. The smallest absolute Gasteiger partial charge is 0.242 e. The van der Waals surface area contributed by atoms with E-state index < -0.39 is 25.4 Å². The Morgan fingerprint density at radius 2 is 2.21 bits per heavy atom. The van der Waals surface area contributed by atoms with Crippen molar-refractivity contribution in [2.24, 2.45) is 5.73 Å². The third kappa shape index (κ3) is 3.16. The fraction of sp³-hybridized carbons (Fsp3) is 0.600. The van der Waals surface area contributed by atoms with Crippen LogP contribution in [-0.2, 0) is 26.4 Å². The zero-order valence-electron chi connectivity index (χ0n) is 10.4. The van der Waals surface area contributed by atoms with Gasteiger partial charge in [-0.1, -0.05) is 0 Å². The Hall–Kier alpha value is -0.480. The van der Waals surface area contributed by atoms with Gasteiger partial charge in [0.15, 0.2) is 9.84 Å². The Kier molecular flexibility index (Phi) is 3.78. The maximum Gasteiger partial charge on any atom is 0.242 e. The van der Waals surface area contributed by atoms with Crippen LogP contribution in [-0.4, -0.2) is 33.9 Å². The van der Waals surface area contributed by atoms with Crippen LogP contribution in [0.3, 0.4) is 0 Å². The summed E-state index contributed by atoms with van der Waals surface area (Å²) in [7, 11) is -6.90. The summed E-state index contributed by atoms with van der Waals surface area (Å²) in [4.78, 5) is 0.711. The lowest BCUT2D eigenvalue weighted by Gasteiger charge is -2.23. The van der Waals surface area contributed by atoms with Crippen molar-refractivity contribution in [2.45, 2.75) is 30.3 Å². The van der Waals surface area contributed by atoms with Gasteiger partial charge in [-0.3, -0.25) is 0 Å². The number of nitrogens with one attached hydrogen (secondary N) is 1. The molecule has 2 rings (SSSR count). The summed E-state index contributed by atoms with van der Waals surface area (Å²) in [5, 5.41) is 1.66. The fourth-order valence-electron chi connectivity index (χ4n) is 2.19. The molecule has 0 aromatic carbocycles. The van der Waals surface area contributed by atoms with Gasteiger partial charge in [0, 0.05) is 17.0 Å². The van der Waals surface area contributed by atoms with Gasteiger partial charge in [0.2, 0.25) is 10.0 Å². The number of rotatable bonds is 4. The second kappa shape index (κ2) is 4.81. The van der Waals surface area contributed by atoms with E-state index in [0.717, 1.165) is 0 Å². The average molecular weight is 324 g/mol. The maximum atomic E-state index is 12.3. The van der Waals surface area contributed by atoms with Crippen molar-refractivity contribution >= 4 is 31.2 Å². The molecular weight excluding hydrogens is 308 g/mol. The summed E-state index contributed by atoms with van der Waals surface area (Å²) < 4.78 is 50.1. The van der Waals surface area contributed by atoms with Gasteiger partial charge in [-0.25, -0.2) is 21.6 Å². The predicted molar refractivity (Wildman–Crippen MR) is 74.2 cm³/mol. The molecule has 1 unspecified atom stereocenters. The third-order valence-corrected chi connectivity index (χ3v) is 7.76. The van der Waals surface area contributed by atoms with Gasteiger partial charge < -0.3 is 5.73 Å². The molecule has 1 aliphatic rings. The number of hydrogen-bond donors (Lipinski definition) is 2. The zero-order chi connectivity index (χ0) is 14.3. The first-order chi connectivity index (χ1) is 8.68. The molecule has 1 aromatic rings. The first-order valence-corrected chi connectivity index (χ1v) is 9.87. The van der Waals surface area contributed by atoms with Crippen LogP contribution in [0.1, 0.15) is 18.2 Å². The first kappa shape index (κ1) is 14.9. The Morgan fingerprint density at radius 1 is 1.53 bits per heavy atom. The van der Waals surface area contributed by atoms with Crippen LogP contribution in [0.5, 0.6) is 0 Å². The first-order valence-electron chi connectivity index (χ1n) is 5.68. The molecular formula is C10H16N2O4S3. The molecule has 3 N–H and O–H groups in total. The zero-order valence-corrected chi connectivity index (χ0v) is 12.9. The minimum Gasteiger partial charge on any atom is -0.326 e. The van der Waals surface area contributed by atoms with Crippen LogP contribution in [0.2, 0.25) is 0 Å². The SMILES string of the molecule is CC1(NS(=O)(=O)c2ccsc2CN)CCS(=O)(=O)C1. The molecule has 0 amide bonds. The van der Waals surface area contributed by atoms with Gasteiger partial charge >= 0.3 is 0 Å². The van der Waals surface area contributed by atoms with Crippen molar-refractivity contribution in [1.29, 1.82) is 0 Å². The second-order valence-electron chi connectivity index (χ2n) is 4.92. The van der Waals surface area contributed by atoms with E-state index in [2.05, 4.69) is 4.72 Å². The Balaban J connectivity index is 2.28. The molecule has 1 aromatic heterocycles. The van der Waals surface area contributed by atoms with E-state index in [1.165, 1.54) is 17.4 Å². The van der Waals surface area contributed by atoms with Crippen LogP contribution < -0.4 is 10.5 Å². The lowest BCUT2D eigenvalue weighted by molar-refractivity contribution is 0.461. The standard InChI is InChI=1S/C10H16N2O4S3/c1-10(3-5-18(13,14)7-10)12-19(15,16)9-2-4-17-8(9)6-11/h2,4,12H,3,5-7,11H2,1H3. The molecule has 2 heterocycles. The molecule has 0 spiro atoms. The Bertz CT molecular complexity index is 677. The number of hydrogen-bond acceptors (Lipinski definition) is 6. The summed E-state index contributed by atoms with van der Waals surface area (Å²) in [5.74, 6) is -0.152. The largest absolute Gasteiger partial charge is 0.326 e. The second-order valence-corrected chi connectivity index (χ2v) is 9.76. The van der Waals surface area contributed by atoms with E-state index in [0.29, 0.717) is 4.88 Å². The molecule has 108 valence electrons. The summed E-state index contributed by atoms with van der Waals surface area (Å²) in [6.07, 6.45) is 0.288. The summed E-state index contributed by atoms with van der Waals surface area (Å²) in [6.45, 7) is 1.76. The van der Waals surface area contributed by atoms with Gasteiger partial charge in [0.05, 0.1) is 16.4 Å². The maximum absolute atomic E-state index is 12.3. The van der Waals surface area contributed by atoms with Crippen molar-refractivity contribution in [3.8, 4) is 0 Å². The minimum absolute atomic E-state index is 0.0133. The van der Waals surface area contributed by atoms with Crippen molar-refractivity contribution in [2.75, 3.05) is 11.5 Å². The van der Waals surface area contributed by atoms with Crippen LogP contribution in [0.4, 0.5) is 0 Å². The van der Waals surface area contributed by atoms with E-state index >= 15 is 0 Å². The van der Waals surface area contributed by atoms with Crippen LogP contribution in [0, 0.1) is 0 Å². The summed E-state index contributed by atoms with van der Waals surface area (Å²) in [5.41, 5.74) is 4.56. The lowest BCUT2D eigenvalue weighted by Crippen LogP contribution is -2.46. The summed E-state index contributed by atoms with van der Waals surface area (Å²) in [6, 6.07) is 1.49. The van der Waals surface area contributed by atoms with Crippen LogP contribution in [0.25, 0.3) is 0 Å². The third-order valence-electron chi connectivity index (χ3n) is 3.06. The topological polar surface area (TPSA) is 106 Å². The molecule has 0 saturated carbocycles. The highest BCUT2D eigenvalue weighted by Crippen LogP contribution is 2.27. The van der Waals surface area contributed by atoms with Crippen molar-refractivity contribution in [3.63, 3.8) is 0 Å². The number of nitrogens with two attached hydrogens (primary N) is 1. The molecule has 1 saturated heterocycles. The molecule has 9 heteroatoms. The quantitative estimate of drug-likeness (QED) is 0.814. The Morgan fingerprint density at radius 3 is 2.74 bits per heavy atom. The molecule has 0 radical (unpaired) electrons. The van der Waals surface area contributed by atoms with Gasteiger partial charge in [-0.2, -0.15) is 0 Å². The number of thiophene rings is 1. The van der Waals surface area contributed by atoms with E-state index in [-0.39, 0.29) is 29.4 Å². The van der Waals surface area contributed by atoms with Crippen LogP contribution in [0.15, 0.2) is 16.3 Å². The molecule has 0 aliphatic carbocycles. The van der Waals surface area contributed by atoms with E-state index in [9.17, 15) is 16.8 Å². The highest BCUT2D eigenvalue weighted by Gasteiger charge is 2.41. The summed E-state index contributed by atoms with van der Waals surface area (Å²) >= 11 is 1.27. The van der Waals surface area contributed by atoms with E-state index in [1.807, 2.05) is 0 Å². The predicted octanol–water partition coefficient (Wildman–Crippen LogP) is 0.0623. The van der Waals surface area contributed by atoms with Crippen molar-refractivity contribution < 1.29 is 16.8 Å². The number of sulfonamides is 1. The monoisotopic (exact) mass is 324 g/mol. The molecule has 1 fully saturated rings. The van der Waals surface area contributed by atoms with Gasteiger partial charge in [0.25, 0.3) is 0 Å². The normalized spacial score (nSPS) is 26.6. The fourth-order valence-corrected chi connectivity index (χ4v) is 7.14. The molecule has 6 nitrogen and oxygen atoms in total. The van der Waals surface area contributed by atoms with Gasteiger partial charge in [-0.15, -0.1) is 11.3 Å². The highest BCUT2D eigenvalue weighted by atomic mass is 32.2. The molecule has 19 heavy (non-hydrogen) atoms. The molecule has 1 aliphatic heterocycles.